The van der Waals surface area contributed by atoms with Crippen LogP contribution in [0.3, 0.4) is 0 Å². The van der Waals surface area contributed by atoms with E-state index in [1.807, 2.05) is 79.6 Å². The fourth-order valence-corrected chi connectivity index (χ4v) is 4.66. The number of carbonyl (C=O) groups excluding carboxylic acids is 1. The van der Waals surface area contributed by atoms with Gasteiger partial charge in [0.15, 0.2) is 5.65 Å². The van der Waals surface area contributed by atoms with Crippen LogP contribution in [0.1, 0.15) is 49.3 Å². The SMILES string of the molecule is CCN(CC)C(=O)Cc1c(C2=CC=C(OCOn3nnc4ccccc43)CC2)nn2c(C)cc(C)nc12. The van der Waals surface area contributed by atoms with Crippen molar-refractivity contribution in [3.05, 3.63) is 70.9 Å². The van der Waals surface area contributed by atoms with Crippen LogP contribution < -0.4 is 4.84 Å². The van der Waals surface area contributed by atoms with Gasteiger partial charge in [0, 0.05) is 36.5 Å². The Bertz CT molecular complexity index is 1510. The third-order valence-electron chi connectivity index (χ3n) is 6.59. The van der Waals surface area contributed by atoms with Crippen LogP contribution in [0.4, 0.5) is 0 Å². The van der Waals surface area contributed by atoms with Crippen LogP contribution in [0, 0.1) is 13.8 Å². The molecule has 1 aliphatic rings. The number of allylic oxidation sites excluding steroid dienone is 4. The lowest BCUT2D eigenvalue weighted by molar-refractivity contribution is -0.130. The molecular weight excluding hydrogens is 470 g/mol. The van der Waals surface area contributed by atoms with Gasteiger partial charge < -0.3 is 14.5 Å². The zero-order valence-electron chi connectivity index (χ0n) is 21.6. The highest BCUT2D eigenvalue weighted by atomic mass is 16.8. The van der Waals surface area contributed by atoms with Crippen molar-refractivity contribution in [2.45, 2.75) is 47.0 Å². The standard InChI is InChI=1S/C27H31N7O3/c1-5-32(6-2)25(35)16-22-26(30-33-19(4)15-18(3)28-27(22)33)20-11-13-21(14-12-20)36-17-37-34-24-10-8-7-9-23(24)29-31-34/h7-11,13,15H,5-6,12,14,16-17H2,1-4H3. The smallest absolute Gasteiger partial charge is 0.255 e. The first-order chi connectivity index (χ1) is 18.0. The minimum Gasteiger partial charge on any atom is -0.460 e. The third kappa shape index (κ3) is 4.91. The number of likely N-dealkylation sites (N-methyl/N-ethyl adjacent to an activating group) is 1. The van der Waals surface area contributed by atoms with Crippen molar-refractivity contribution in [1.29, 1.82) is 0 Å². The second-order valence-electron chi connectivity index (χ2n) is 9.01. The molecule has 0 N–H and O–H groups in total. The van der Waals surface area contributed by atoms with Gasteiger partial charge in [-0.05, 0) is 69.2 Å². The van der Waals surface area contributed by atoms with Gasteiger partial charge in [-0.2, -0.15) is 5.10 Å². The topological polar surface area (TPSA) is 99.7 Å². The number of hydrogen-bond donors (Lipinski definition) is 0. The summed E-state index contributed by atoms with van der Waals surface area (Å²) in [6.07, 6.45) is 5.63. The molecule has 3 aromatic heterocycles. The summed E-state index contributed by atoms with van der Waals surface area (Å²) in [5.74, 6) is 0.888. The van der Waals surface area contributed by atoms with Crippen molar-refractivity contribution in [3.63, 3.8) is 0 Å². The summed E-state index contributed by atoms with van der Waals surface area (Å²) >= 11 is 0. The first kappa shape index (κ1) is 24.5. The normalized spacial score (nSPS) is 13.5. The van der Waals surface area contributed by atoms with Crippen molar-refractivity contribution >= 4 is 28.2 Å². The number of hydrogen-bond acceptors (Lipinski definition) is 7. The van der Waals surface area contributed by atoms with Gasteiger partial charge in [0.05, 0.1) is 12.1 Å². The molecular formula is C27H31N7O3. The number of aryl methyl sites for hydroxylation is 2. The van der Waals surface area contributed by atoms with E-state index in [1.165, 1.54) is 4.85 Å². The monoisotopic (exact) mass is 501 g/mol. The number of aromatic nitrogens is 6. The van der Waals surface area contributed by atoms with Gasteiger partial charge in [0.2, 0.25) is 5.91 Å². The van der Waals surface area contributed by atoms with E-state index in [0.29, 0.717) is 19.5 Å². The second kappa shape index (κ2) is 10.4. The van der Waals surface area contributed by atoms with Gasteiger partial charge in [-0.25, -0.2) is 9.50 Å². The third-order valence-corrected chi connectivity index (χ3v) is 6.59. The molecule has 10 nitrogen and oxygen atoms in total. The highest BCUT2D eigenvalue weighted by Crippen LogP contribution is 2.31. The van der Waals surface area contributed by atoms with Crippen LogP contribution in [-0.4, -0.2) is 60.4 Å². The Labute approximate surface area is 215 Å². The van der Waals surface area contributed by atoms with E-state index in [-0.39, 0.29) is 19.1 Å². The van der Waals surface area contributed by atoms with E-state index in [1.54, 1.807) is 0 Å². The molecule has 0 aliphatic heterocycles. The molecule has 1 aromatic carbocycles. The van der Waals surface area contributed by atoms with Gasteiger partial charge in [-0.3, -0.25) is 4.79 Å². The molecule has 4 aromatic rings. The molecule has 0 radical (unpaired) electrons. The summed E-state index contributed by atoms with van der Waals surface area (Å²) < 4.78 is 7.69. The number of carbonyl (C=O) groups is 1. The van der Waals surface area contributed by atoms with Gasteiger partial charge in [-0.15, -0.1) is 5.10 Å². The van der Waals surface area contributed by atoms with Crippen LogP contribution in [0.25, 0.3) is 22.3 Å². The molecule has 192 valence electrons. The lowest BCUT2D eigenvalue weighted by atomic mass is 9.97. The van der Waals surface area contributed by atoms with E-state index in [2.05, 4.69) is 10.3 Å². The minimum absolute atomic E-state index is 0.0166. The minimum atomic E-state index is 0.0166. The zero-order chi connectivity index (χ0) is 25.9. The first-order valence-electron chi connectivity index (χ1n) is 12.6. The number of amides is 1. The fraction of sp³-hybridized carbons (Fsp3) is 0.370. The molecule has 0 fully saturated rings. The quantitative estimate of drug-likeness (QED) is 0.323. The van der Waals surface area contributed by atoms with Gasteiger partial charge in [-0.1, -0.05) is 23.1 Å². The lowest BCUT2D eigenvalue weighted by Gasteiger charge is -2.19. The number of rotatable bonds is 9. The molecule has 0 unspecified atom stereocenters. The number of para-hydroxylation sites is 1. The van der Waals surface area contributed by atoms with Gasteiger partial charge in [0.25, 0.3) is 6.79 Å². The maximum atomic E-state index is 13.1. The molecule has 0 bridgehead atoms. The summed E-state index contributed by atoms with van der Waals surface area (Å²) in [6.45, 7) is 9.33. The molecule has 10 heteroatoms. The Morgan fingerprint density at radius 2 is 1.92 bits per heavy atom. The van der Waals surface area contributed by atoms with Crippen LogP contribution >= 0.6 is 0 Å². The summed E-state index contributed by atoms with van der Waals surface area (Å²) in [5.41, 5.74) is 6.92. The molecule has 37 heavy (non-hydrogen) atoms. The number of ether oxygens (including phenoxy) is 1. The average molecular weight is 502 g/mol. The predicted molar refractivity (Wildman–Crippen MR) is 139 cm³/mol. The van der Waals surface area contributed by atoms with Crippen LogP contribution in [0.15, 0.2) is 48.2 Å². The molecule has 3 heterocycles. The van der Waals surface area contributed by atoms with Crippen molar-refractivity contribution in [1.82, 2.24) is 34.7 Å². The maximum absolute atomic E-state index is 13.1. The average Bonchev–Trinajstić information content (AvgIpc) is 3.47. The maximum Gasteiger partial charge on any atom is 0.255 e. The highest BCUT2D eigenvalue weighted by Gasteiger charge is 2.24. The second-order valence-corrected chi connectivity index (χ2v) is 9.01. The van der Waals surface area contributed by atoms with E-state index in [4.69, 9.17) is 19.7 Å². The molecule has 1 amide bonds. The molecule has 0 spiro atoms. The van der Waals surface area contributed by atoms with Crippen LogP contribution in [0.5, 0.6) is 0 Å². The number of benzene rings is 1. The molecule has 1 aliphatic carbocycles. The lowest BCUT2D eigenvalue weighted by Crippen LogP contribution is -2.32. The van der Waals surface area contributed by atoms with Crippen molar-refractivity contribution in [3.8, 4) is 0 Å². The largest absolute Gasteiger partial charge is 0.460 e. The summed E-state index contributed by atoms with van der Waals surface area (Å²) in [6, 6.07) is 9.57. The number of nitrogens with zero attached hydrogens (tertiary/aromatic N) is 7. The predicted octanol–water partition coefficient (Wildman–Crippen LogP) is 3.67. The van der Waals surface area contributed by atoms with Crippen LogP contribution in [0.2, 0.25) is 0 Å². The first-order valence-corrected chi connectivity index (χ1v) is 12.6. The molecule has 0 saturated heterocycles. The highest BCUT2D eigenvalue weighted by molar-refractivity contribution is 5.84. The van der Waals surface area contributed by atoms with Crippen molar-refractivity contribution < 1.29 is 14.4 Å². The van der Waals surface area contributed by atoms with Crippen molar-refractivity contribution in [2.75, 3.05) is 19.9 Å². The van der Waals surface area contributed by atoms with E-state index in [9.17, 15) is 4.79 Å². The fourth-order valence-electron chi connectivity index (χ4n) is 4.66. The van der Waals surface area contributed by atoms with Crippen molar-refractivity contribution in [2.24, 2.45) is 0 Å². The van der Waals surface area contributed by atoms with Gasteiger partial charge >= 0.3 is 0 Å². The van der Waals surface area contributed by atoms with E-state index >= 15 is 0 Å². The summed E-state index contributed by atoms with van der Waals surface area (Å²) in [4.78, 5) is 26.7. The van der Waals surface area contributed by atoms with Crippen LogP contribution in [-0.2, 0) is 16.0 Å². The van der Waals surface area contributed by atoms with Gasteiger partial charge in [0.1, 0.15) is 16.8 Å². The summed E-state index contributed by atoms with van der Waals surface area (Å²) in [7, 11) is 0. The summed E-state index contributed by atoms with van der Waals surface area (Å²) in [5, 5.41) is 13.0. The molecule has 0 saturated carbocycles. The zero-order valence-corrected chi connectivity index (χ0v) is 21.6. The van der Waals surface area contributed by atoms with E-state index < -0.39 is 0 Å². The van der Waals surface area contributed by atoms with E-state index in [0.717, 1.165) is 57.1 Å². The Kier molecular flexibility index (Phi) is 6.89. The Hall–Kier alpha value is -4.21. The Morgan fingerprint density at radius 3 is 2.68 bits per heavy atom. The molecule has 0 atom stereocenters. The Morgan fingerprint density at radius 1 is 1.11 bits per heavy atom. The Balaban J connectivity index is 1.37. The molecule has 5 rings (SSSR count). The number of fused-ring (bicyclic) bond motifs is 2.